The molecule has 0 aromatic heterocycles. The van der Waals surface area contributed by atoms with Crippen LogP contribution in [0.2, 0.25) is 5.02 Å². The van der Waals surface area contributed by atoms with E-state index in [0.717, 1.165) is 12.8 Å². The van der Waals surface area contributed by atoms with Gasteiger partial charge in [0.05, 0.1) is 17.7 Å². The largest absolute Gasteiger partial charge is 0.485 e. The van der Waals surface area contributed by atoms with Crippen LogP contribution in [0.4, 0.5) is 0 Å². The lowest BCUT2D eigenvalue weighted by atomic mass is 10.2. The second-order valence-electron chi connectivity index (χ2n) is 4.26. The van der Waals surface area contributed by atoms with E-state index < -0.39 is 5.97 Å². The van der Waals surface area contributed by atoms with Crippen LogP contribution >= 0.6 is 11.6 Å². The van der Waals surface area contributed by atoms with Gasteiger partial charge in [0.2, 0.25) is 0 Å². The van der Waals surface area contributed by atoms with E-state index in [0.29, 0.717) is 17.9 Å². The first-order chi connectivity index (χ1) is 8.60. The van der Waals surface area contributed by atoms with E-state index in [9.17, 15) is 4.79 Å². The van der Waals surface area contributed by atoms with Crippen LogP contribution in [0.15, 0.2) is 18.2 Å². The first kappa shape index (κ1) is 12.7. The maximum absolute atomic E-state index is 11.3. The van der Waals surface area contributed by atoms with E-state index in [-0.39, 0.29) is 10.6 Å². The van der Waals surface area contributed by atoms with Crippen LogP contribution < -0.4 is 4.74 Å². The van der Waals surface area contributed by atoms with Gasteiger partial charge in [-0.25, -0.2) is 11.4 Å². The highest BCUT2D eigenvalue weighted by molar-refractivity contribution is 6.33. The van der Waals surface area contributed by atoms with Gasteiger partial charge in [-0.1, -0.05) is 11.6 Å². The molecule has 0 aliphatic heterocycles. The lowest BCUT2D eigenvalue weighted by Gasteiger charge is -2.08. The number of carbonyl (C=O) groups excluding carboxylic acids is 1. The summed E-state index contributed by atoms with van der Waals surface area (Å²) < 4.78 is 10.1. The number of halogens is 1. The second kappa shape index (κ2) is 4.87. The highest BCUT2D eigenvalue weighted by Crippen LogP contribution is 2.40. The number of methoxy groups -OCH3 is 1. The molecule has 0 spiro atoms. The van der Waals surface area contributed by atoms with Crippen molar-refractivity contribution < 1.29 is 14.3 Å². The Labute approximate surface area is 110 Å². The molecule has 1 aliphatic rings. The molecule has 0 N–H and O–H groups in total. The maximum Gasteiger partial charge on any atom is 0.339 e. The van der Waals surface area contributed by atoms with Gasteiger partial charge in [0.15, 0.2) is 6.61 Å². The van der Waals surface area contributed by atoms with Gasteiger partial charge in [0, 0.05) is 12.8 Å². The Morgan fingerprint density at radius 2 is 2.28 bits per heavy atom. The molecule has 1 fully saturated rings. The van der Waals surface area contributed by atoms with E-state index in [2.05, 4.69) is 9.58 Å². The van der Waals surface area contributed by atoms with Gasteiger partial charge >= 0.3 is 5.97 Å². The topological polar surface area (TPSA) is 39.9 Å². The Hall–Kier alpha value is -1.73. The molecule has 18 heavy (non-hydrogen) atoms. The van der Waals surface area contributed by atoms with Crippen molar-refractivity contribution in [2.45, 2.75) is 18.4 Å². The Morgan fingerprint density at radius 1 is 1.56 bits per heavy atom. The van der Waals surface area contributed by atoms with Gasteiger partial charge in [-0.2, -0.15) is 0 Å². The predicted octanol–water partition coefficient (Wildman–Crippen LogP) is 2.96. The van der Waals surface area contributed by atoms with Crippen molar-refractivity contribution in [2.24, 2.45) is 0 Å². The van der Waals surface area contributed by atoms with Crippen molar-refractivity contribution in [2.75, 3.05) is 13.7 Å². The van der Waals surface area contributed by atoms with E-state index in [4.69, 9.17) is 22.9 Å². The molecule has 1 aliphatic carbocycles. The zero-order valence-corrected chi connectivity index (χ0v) is 10.7. The van der Waals surface area contributed by atoms with Gasteiger partial charge in [-0.15, -0.1) is 0 Å². The number of nitrogens with zero attached hydrogens (tertiary/aromatic N) is 1. The van der Waals surface area contributed by atoms with Crippen molar-refractivity contribution in [3.05, 3.63) is 40.2 Å². The molecule has 0 unspecified atom stereocenters. The van der Waals surface area contributed by atoms with E-state index in [1.807, 2.05) is 0 Å². The second-order valence-corrected chi connectivity index (χ2v) is 4.67. The summed E-state index contributed by atoms with van der Waals surface area (Å²) in [6.45, 7) is 7.41. The van der Waals surface area contributed by atoms with Crippen molar-refractivity contribution >= 4 is 17.6 Å². The van der Waals surface area contributed by atoms with Crippen molar-refractivity contribution in [3.63, 3.8) is 0 Å². The highest BCUT2D eigenvalue weighted by atomic mass is 35.5. The third-order valence-electron chi connectivity index (χ3n) is 2.92. The SMILES string of the molecule is [C-]#[N+]C1(COc2ccc(C(=O)OC)c(Cl)c2)CC1. The summed E-state index contributed by atoms with van der Waals surface area (Å²) >= 11 is 5.96. The van der Waals surface area contributed by atoms with Gasteiger partial charge in [0.1, 0.15) is 5.75 Å². The summed E-state index contributed by atoms with van der Waals surface area (Å²) in [5, 5.41) is 0.284. The number of rotatable bonds is 4. The zero-order valence-electron chi connectivity index (χ0n) is 9.90. The van der Waals surface area contributed by atoms with Gasteiger partial charge in [-0.05, 0) is 18.2 Å². The number of hydrogen-bond acceptors (Lipinski definition) is 3. The maximum atomic E-state index is 11.3. The average molecular weight is 266 g/mol. The Morgan fingerprint density at radius 3 is 2.78 bits per heavy atom. The Kier molecular flexibility index (Phi) is 3.44. The van der Waals surface area contributed by atoms with Gasteiger partial charge in [-0.3, -0.25) is 0 Å². The van der Waals surface area contributed by atoms with Crippen LogP contribution in [-0.2, 0) is 4.74 Å². The monoisotopic (exact) mass is 265 g/mol. The normalized spacial score (nSPS) is 15.6. The van der Waals surface area contributed by atoms with E-state index in [1.165, 1.54) is 7.11 Å². The van der Waals surface area contributed by atoms with E-state index in [1.54, 1.807) is 18.2 Å². The minimum atomic E-state index is -0.480. The quantitative estimate of drug-likeness (QED) is 0.621. The first-order valence-electron chi connectivity index (χ1n) is 5.49. The zero-order chi connectivity index (χ0) is 13.2. The molecule has 1 saturated carbocycles. The molecular weight excluding hydrogens is 254 g/mol. The molecule has 2 rings (SSSR count). The van der Waals surface area contributed by atoms with Crippen molar-refractivity contribution in [1.29, 1.82) is 0 Å². The number of esters is 1. The molecule has 1 aromatic carbocycles. The molecule has 5 heteroatoms. The number of carbonyl (C=O) groups is 1. The standard InChI is InChI=1S/C13H12ClNO3/c1-15-13(5-6-13)8-18-9-3-4-10(11(14)7-9)12(16)17-2/h3-4,7H,5-6,8H2,2H3. The minimum Gasteiger partial charge on any atom is -0.485 e. The summed E-state index contributed by atoms with van der Waals surface area (Å²) in [5.41, 5.74) is -0.0362. The molecule has 0 heterocycles. The number of benzene rings is 1. The molecule has 0 bridgehead atoms. The average Bonchev–Trinajstić information content (AvgIpc) is 3.16. The Balaban J connectivity index is 2.05. The summed E-state index contributed by atoms with van der Waals surface area (Å²) in [6.07, 6.45) is 1.76. The highest BCUT2D eigenvalue weighted by Gasteiger charge is 2.51. The van der Waals surface area contributed by atoms with E-state index >= 15 is 0 Å². The summed E-state index contributed by atoms with van der Waals surface area (Å²) in [6, 6.07) is 4.77. The summed E-state index contributed by atoms with van der Waals surface area (Å²) in [4.78, 5) is 14.9. The molecule has 94 valence electrons. The van der Waals surface area contributed by atoms with Crippen LogP contribution in [0.5, 0.6) is 5.75 Å². The minimum absolute atomic E-state index is 0.284. The third-order valence-corrected chi connectivity index (χ3v) is 3.23. The lowest BCUT2D eigenvalue weighted by molar-refractivity contribution is 0.0601. The van der Waals surface area contributed by atoms with Crippen LogP contribution in [0.3, 0.4) is 0 Å². The van der Waals surface area contributed by atoms with Crippen molar-refractivity contribution in [3.8, 4) is 5.75 Å². The Bertz CT molecular complexity index is 517. The third kappa shape index (κ3) is 2.57. The lowest BCUT2D eigenvalue weighted by Crippen LogP contribution is -2.15. The fourth-order valence-corrected chi connectivity index (χ4v) is 1.76. The number of hydrogen-bond donors (Lipinski definition) is 0. The fourth-order valence-electron chi connectivity index (χ4n) is 1.51. The molecule has 0 radical (unpaired) electrons. The molecule has 0 atom stereocenters. The molecule has 0 saturated heterocycles. The molecule has 1 aromatic rings. The molecular formula is C13H12ClNO3. The molecule has 4 nitrogen and oxygen atoms in total. The first-order valence-corrected chi connectivity index (χ1v) is 5.87. The fraction of sp³-hybridized carbons (Fsp3) is 0.385. The summed E-state index contributed by atoms with van der Waals surface area (Å²) in [5.74, 6) is 0.0777. The van der Waals surface area contributed by atoms with Gasteiger partial charge in [0.25, 0.3) is 5.54 Å². The van der Waals surface area contributed by atoms with Crippen LogP contribution in [-0.4, -0.2) is 25.2 Å². The summed E-state index contributed by atoms with van der Waals surface area (Å²) in [7, 11) is 1.30. The number of ether oxygens (including phenoxy) is 2. The predicted molar refractivity (Wildman–Crippen MR) is 66.9 cm³/mol. The molecule has 0 amide bonds. The van der Waals surface area contributed by atoms with Crippen molar-refractivity contribution in [1.82, 2.24) is 0 Å². The van der Waals surface area contributed by atoms with Crippen LogP contribution in [0.1, 0.15) is 23.2 Å². The van der Waals surface area contributed by atoms with Gasteiger partial charge < -0.3 is 14.3 Å². The van der Waals surface area contributed by atoms with Crippen LogP contribution in [0, 0.1) is 6.57 Å². The smallest absolute Gasteiger partial charge is 0.339 e. The van der Waals surface area contributed by atoms with Crippen LogP contribution in [0.25, 0.3) is 4.85 Å².